The molecule has 1 aliphatic carbocycles. The summed E-state index contributed by atoms with van der Waals surface area (Å²) in [5.74, 6) is 0. The fraction of sp³-hybridized carbons (Fsp3) is 1.00. The molecule has 1 fully saturated rings. The lowest BCUT2D eigenvalue weighted by molar-refractivity contribution is 0.132. The van der Waals surface area contributed by atoms with Crippen LogP contribution in [0.4, 0.5) is 0 Å². The van der Waals surface area contributed by atoms with Crippen LogP contribution in [0.1, 0.15) is 25.7 Å². The number of aliphatic hydroxyl groups is 1. The zero-order chi connectivity index (χ0) is 6.69. The molecule has 0 bridgehead atoms. The summed E-state index contributed by atoms with van der Waals surface area (Å²) in [5, 5.41) is 9.94. The molecule has 0 heterocycles. The molecule has 1 aliphatic rings. The van der Waals surface area contributed by atoms with Crippen molar-refractivity contribution in [2.45, 2.75) is 37.0 Å². The first kappa shape index (κ1) is 7.42. The van der Waals surface area contributed by atoms with Crippen LogP contribution < -0.4 is 0 Å². The smallest absolute Gasteiger partial charge is 0.0541 e. The lowest BCUT2D eigenvalue weighted by atomic mass is 9.97. The van der Waals surface area contributed by atoms with E-state index in [1.165, 1.54) is 12.8 Å². The second kappa shape index (κ2) is 3.47. The van der Waals surface area contributed by atoms with E-state index in [1.54, 1.807) is 0 Å². The van der Waals surface area contributed by atoms with Gasteiger partial charge in [-0.3, -0.25) is 0 Å². The van der Waals surface area contributed by atoms with Gasteiger partial charge in [0.1, 0.15) is 0 Å². The minimum Gasteiger partial charge on any atom is -0.393 e. The van der Waals surface area contributed by atoms with E-state index >= 15 is 0 Å². The summed E-state index contributed by atoms with van der Waals surface area (Å²) in [5.41, 5.74) is 0. The van der Waals surface area contributed by atoms with Gasteiger partial charge in [-0.05, 0) is 31.9 Å². The fourth-order valence-corrected chi connectivity index (χ4v) is 2.02. The van der Waals surface area contributed by atoms with Crippen LogP contribution in [0.15, 0.2) is 0 Å². The van der Waals surface area contributed by atoms with Crippen LogP contribution in [-0.4, -0.2) is 22.7 Å². The standard InChI is InChI=1S/C7H14OS/c1-9-7-4-2-6(8)3-5-7/h6-8H,2-5H2,1H3/t6-,7+. The number of hydrogen-bond donors (Lipinski definition) is 1. The van der Waals surface area contributed by atoms with E-state index in [-0.39, 0.29) is 6.10 Å². The molecule has 1 nitrogen and oxygen atoms in total. The zero-order valence-electron chi connectivity index (χ0n) is 5.84. The van der Waals surface area contributed by atoms with Gasteiger partial charge in [0.15, 0.2) is 0 Å². The fourth-order valence-electron chi connectivity index (χ4n) is 1.28. The van der Waals surface area contributed by atoms with Crippen LogP contribution in [0, 0.1) is 0 Å². The summed E-state index contributed by atoms with van der Waals surface area (Å²) in [6.45, 7) is 0. The van der Waals surface area contributed by atoms with Crippen LogP contribution in [0.5, 0.6) is 0 Å². The Morgan fingerprint density at radius 1 is 1.22 bits per heavy atom. The highest BCUT2D eigenvalue weighted by Crippen LogP contribution is 2.26. The molecule has 1 N–H and O–H groups in total. The lowest BCUT2D eigenvalue weighted by Crippen LogP contribution is -2.19. The topological polar surface area (TPSA) is 20.2 Å². The van der Waals surface area contributed by atoms with Crippen LogP contribution in [0.2, 0.25) is 0 Å². The van der Waals surface area contributed by atoms with E-state index in [2.05, 4.69) is 6.26 Å². The molecular weight excluding hydrogens is 132 g/mol. The Bertz CT molecular complexity index is 77.0. The van der Waals surface area contributed by atoms with Gasteiger partial charge in [-0.15, -0.1) is 0 Å². The molecule has 2 heteroatoms. The molecule has 9 heavy (non-hydrogen) atoms. The first-order valence-corrected chi connectivity index (χ1v) is 4.82. The predicted octanol–water partition coefficient (Wildman–Crippen LogP) is 1.65. The average Bonchev–Trinajstić information content (AvgIpc) is 1.90. The van der Waals surface area contributed by atoms with Crippen LogP contribution in [0.3, 0.4) is 0 Å². The minimum atomic E-state index is 0.00778. The summed E-state index contributed by atoms with van der Waals surface area (Å²) >= 11 is 1.94. The van der Waals surface area contributed by atoms with Gasteiger partial charge in [0.2, 0.25) is 0 Å². The normalized spacial score (nSPS) is 36.7. The molecule has 0 saturated heterocycles. The molecule has 0 aromatic heterocycles. The number of rotatable bonds is 1. The van der Waals surface area contributed by atoms with E-state index in [4.69, 9.17) is 5.11 Å². The van der Waals surface area contributed by atoms with Gasteiger partial charge < -0.3 is 5.11 Å². The Morgan fingerprint density at radius 2 is 1.78 bits per heavy atom. The van der Waals surface area contributed by atoms with Gasteiger partial charge in [-0.2, -0.15) is 11.8 Å². The Morgan fingerprint density at radius 3 is 2.22 bits per heavy atom. The van der Waals surface area contributed by atoms with Gasteiger partial charge in [0, 0.05) is 5.25 Å². The second-order valence-corrected chi connectivity index (χ2v) is 3.80. The highest BCUT2D eigenvalue weighted by molar-refractivity contribution is 7.99. The van der Waals surface area contributed by atoms with Crippen molar-refractivity contribution >= 4 is 11.8 Å². The molecule has 1 saturated carbocycles. The second-order valence-electron chi connectivity index (χ2n) is 2.67. The molecule has 0 unspecified atom stereocenters. The van der Waals surface area contributed by atoms with Crippen molar-refractivity contribution in [3.63, 3.8) is 0 Å². The lowest BCUT2D eigenvalue weighted by Gasteiger charge is -2.23. The van der Waals surface area contributed by atoms with Crippen LogP contribution in [-0.2, 0) is 0 Å². The molecule has 0 aromatic carbocycles. The van der Waals surface area contributed by atoms with E-state index in [9.17, 15) is 0 Å². The van der Waals surface area contributed by atoms with Crippen molar-refractivity contribution in [3.8, 4) is 0 Å². The molecule has 54 valence electrons. The third-order valence-electron chi connectivity index (χ3n) is 1.98. The Hall–Kier alpha value is 0.310. The number of thioether (sulfide) groups is 1. The molecule has 0 amide bonds. The minimum absolute atomic E-state index is 0.00778. The van der Waals surface area contributed by atoms with Gasteiger partial charge in [-0.25, -0.2) is 0 Å². The summed E-state index contributed by atoms with van der Waals surface area (Å²) in [4.78, 5) is 0. The van der Waals surface area contributed by atoms with E-state index in [0.29, 0.717) is 0 Å². The zero-order valence-corrected chi connectivity index (χ0v) is 6.66. The summed E-state index contributed by atoms with van der Waals surface area (Å²) in [6, 6.07) is 0. The molecular formula is C7H14OS. The molecule has 0 spiro atoms. The maximum absolute atomic E-state index is 9.11. The van der Waals surface area contributed by atoms with Gasteiger partial charge in [0.25, 0.3) is 0 Å². The molecule has 0 radical (unpaired) electrons. The molecule has 0 atom stereocenters. The maximum atomic E-state index is 9.11. The average molecular weight is 146 g/mol. The molecule has 1 rings (SSSR count). The van der Waals surface area contributed by atoms with Crippen molar-refractivity contribution in [3.05, 3.63) is 0 Å². The van der Waals surface area contributed by atoms with Crippen molar-refractivity contribution in [2.75, 3.05) is 6.26 Å². The molecule has 0 aromatic rings. The highest BCUT2D eigenvalue weighted by atomic mass is 32.2. The van der Waals surface area contributed by atoms with E-state index in [0.717, 1.165) is 18.1 Å². The quantitative estimate of drug-likeness (QED) is 0.607. The van der Waals surface area contributed by atoms with Gasteiger partial charge in [-0.1, -0.05) is 0 Å². The first-order chi connectivity index (χ1) is 4.33. The van der Waals surface area contributed by atoms with Crippen LogP contribution >= 0.6 is 11.8 Å². The van der Waals surface area contributed by atoms with Crippen LogP contribution in [0.25, 0.3) is 0 Å². The monoisotopic (exact) mass is 146 g/mol. The summed E-state index contributed by atoms with van der Waals surface area (Å²) in [7, 11) is 0. The molecule has 0 aliphatic heterocycles. The van der Waals surface area contributed by atoms with Crippen molar-refractivity contribution in [1.82, 2.24) is 0 Å². The summed E-state index contributed by atoms with van der Waals surface area (Å²) < 4.78 is 0. The van der Waals surface area contributed by atoms with Crippen molar-refractivity contribution in [2.24, 2.45) is 0 Å². The largest absolute Gasteiger partial charge is 0.393 e. The Labute approximate surface area is 60.8 Å². The van der Waals surface area contributed by atoms with E-state index < -0.39 is 0 Å². The van der Waals surface area contributed by atoms with Crippen molar-refractivity contribution in [1.29, 1.82) is 0 Å². The Kier molecular flexibility index (Phi) is 2.86. The SMILES string of the molecule is CS[C@H]1CC[C@@H](O)CC1. The van der Waals surface area contributed by atoms with Gasteiger partial charge in [0.05, 0.1) is 6.10 Å². The van der Waals surface area contributed by atoms with E-state index in [1.807, 2.05) is 11.8 Å². The Balaban J connectivity index is 2.18. The maximum Gasteiger partial charge on any atom is 0.0541 e. The highest BCUT2D eigenvalue weighted by Gasteiger charge is 2.17. The van der Waals surface area contributed by atoms with Crippen molar-refractivity contribution < 1.29 is 5.11 Å². The first-order valence-electron chi connectivity index (χ1n) is 3.54. The number of aliphatic hydroxyl groups excluding tert-OH is 1. The number of hydrogen-bond acceptors (Lipinski definition) is 2. The third-order valence-corrected chi connectivity index (χ3v) is 3.12. The summed E-state index contributed by atoms with van der Waals surface area (Å²) in [6.07, 6.45) is 6.62. The van der Waals surface area contributed by atoms with Gasteiger partial charge >= 0.3 is 0 Å². The predicted molar refractivity (Wildman–Crippen MR) is 41.8 cm³/mol. The third kappa shape index (κ3) is 2.18.